The van der Waals surface area contributed by atoms with Crippen molar-refractivity contribution in [2.75, 3.05) is 13.7 Å². The van der Waals surface area contributed by atoms with E-state index in [9.17, 15) is 9.90 Å². The summed E-state index contributed by atoms with van der Waals surface area (Å²) in [5, 5.41) is 15.8. The fourth-order valence-electron chi connectivity index (χ4n) is 2.43. The van der Waals surface area contributed by atoms with Gasteiger partial charge in [0.25, 0.3) is 5.91 Å². The molecule has 25 heavy (non-hydrogen) atoms. The van der Waals surface area contributed by atoms with Crippen LogP contribution in [0.1, 0.15) is 21.0 Å². The lowest BCUT2D eigenvalue weighted by atomic mass is 9.98. The molecule has 0 bridgehead atoms. The van der Waals surface area contributed by atoms with Gasteiger partial charge in [-0.25, -0.2) is 0 Å². The number of benzene rings is 1. The molecule has 5 nitrogen and oxygen atoms in total. The third-order valence-electron chi connectivity index (χ3n) is 3.78. The van der Waals surface area contributed by atoms with Gasteiger partial charge < -0.3 is 19.6 Å². The second kappa shape index (κ2) is 7.43. The summed E-state index contributed by atoms with van der Waals surface area (Å²) in [6.45, 7) is -0.0243. The molecule has 3 rings (SSSR count). The van der Waals surface area contributed by atoms with Crippen molar-refractivity contribution in [1.82, 2.24) is 5.32 Å². The van der Waals surface area contributed by atoms with Gasteiger partial charge in [0, 0.05) is 9.35 Å². The molecule has 0 spiro atoms. The SMILES string of the molecule is COc1ccc(Br)c(C(=O)NCC(O)(c2ccco2)c2cccs2)c1. The van der Waals surface area contributed by atoms with E-state index < -0.39 is 5.60 Å². The predicted octanol–water partition coefficient (Wildman–Crippen LogP) is 3.78. The monoisotopic (exact) mass is 421 g/mol. The Kier molecular flexibility index (Phi) is 5.27. The van der Waals surface area contributed by atoms with E-state index in [-0.39, 0.29) is 12.5 Å². The first kappa shape index (κ1) is 17.7. The van der Waals surface area contributed by atoms with E-state index in [1.54, 1.807) is 36.4 Å². The summed E-state index contributed by atoms with van der Waals surface area (Å²) in [4.78, 5) is 13.3. The van der Waals surface area contributed by atoms with Crippen LogP contribution in [0.2, 0.25) is 0 Å². The molecule has 0 aliphatic rings. The fraction of sp³-hybridized carbons (Fsp3) is 0.167. The number of amides is 1. The molecule has 1 amide bonds. The Bertz CT molecular complexity index is 812. The van der Waals surface area contributed by atoms with Gasteiger partial charge >= 0.3 is 0 Å². The van der Waals surface area contributed by atoms with E-state index in [4.69, 9.17) is 9.15 Å². The minimum atomic E-state index is -1.43. The van der Waals surface area contributed by atoms with Crippen molar-refractivity contribution >= 4 is 33.2 Å². The third kappa shape index (κ3) is 3.63. The molecule has 0 saturated carbocycles. The van der Waals surface area contributed by atoms with Crippen LogP contribution < -0.4 is 10.1 Å². The number of hydrogen-bond acceptors (Lipinski definition) is 5. The summed E-state index contributed by atoms with van der Waals surface area (Å²) < 4.78 is 11.2. The number of thiophene rings is 1. The highest BCUT2D eigenvalue weighted by atomic mass is 79.9. The lowest BCUT2D eigenvalue weighted by molar-refractivity contribution is 0.0554. The largest absolute Gasteiger partial charge is 0.497 e. The van der Waals surface area contributed by atoms with Gasteiger partial charge in [0.05, 0.1) is 25.5 Å². The average molecular weight is 422 g/mol. The molecule has 2 heterocycles. The van der Waals surface area contributed by atoms with Crippen LogP contribution in [0.15, 0.2) is 63.0 Å². The molecule has 0 saturated heterocycles. The van der Waals surface area contributed by atoms with E-state index in [0.717, 1.165) is 0 Å². The van der Waals surface area contributed by atoms with Crippen molar-refractivity contribution in [3.63, 3.8) is 0 Å². The summed E-state index contributed by atoms with van der Waals surface area (Å²) in [5.41, 5.74) is -1.01. The van der Waals surface area contributed by atoms with Crippen LogP contribution >= 0.6 is 27.3 Å². The van der Waals surface area contributed by atoms with Gasteiger partial charge in [-0.1, -0.05) is 6.07 Å². The van der Waals surface area contributed by atoms with Crippen LogP contribution in [0.25, 0.3) is 0 Å². The summed E-state index contributed by atoms with van der Waals surface area (Å²) >= 11 is 4.76. The molecular weight excluding hydrogens is 406 g/mol. The summed E-state index contributed by atoms with van der Waals surface area (Å²) in [5.74, 6) is 0.625. The lowest BCUT2D eigenvalue weighted by Gasteiger charge is -2.25. The summed E-state index contributed by atoms with van der Waals surface area (Å²) in [6.07, 6.45) is 1.49. The highest BCUT2D eigenvalue weighted by Gasteiger charge is 2.36. The van der Waals surface area contributed by atoms with Crippen LogP contribution in [0, 0.1) is 0 Å². The third-order valence-corrected chi connectivity index (χ3v) is 5.49. The normalized spacial score (nSPS) is 13.2. The molecule has 2 aromatic heterocycles. The van der Waals surface area contributed by atoms with E-state index in [0.29, 0.717) is 26.4 Å². The Morgan fingerprint density at radius 3 is 2.84 bits per heavy atom. The smallest absolute Gasteiger partial charge is 0.252 e. The summed E-state index contributed by atoms with van der Waals surface area (Å²) in [6, 6.07) is 12.2. The first-order chi connectivity index (χ1) is 12.0. The number of rotatable bonds is 6. The minimum absolute atomic E-state index is 0.0243. The molecule has 0 aliphatic heterocycles. The van der Waals surface area contributed by atoms with Gasteiger partial charge in [-0.15, -0.1) is 11.3 Å². The molecule has 7 heteroatoms. The van der Waals surface area contributed by atoms with Crippen molar-refractivity contribution in [1.29, 1.82) is 0 Å². The van der Waals surface area contributed by atoms with Crippen LogP contribution in [0.4, 0.5) is 0 Å². The fourth-order valence-corrected chi connectivity index (χ4v) is 3.69. The van der Waals surface area contributed by atoms with Crippen molar-refractivity contribution in [3.05, 3.63) is 74.8 Å². The second-order valence-corrected chi connectivity index (χ2v) is 7.15. The van der Waals surface area contributed by atoms with E-state index in [1.165, 1.54) is 24.7 Å². The predicted molar refractivity (Wildman–Crippen MR) is 99.1 cm³/mol. The molecule has 1 aromatic carbocycles. The standard InChI is InChI=1S/C18H16BrNO4S/c1-23-12-6-7-14(19)13(10-12)17(21)20-11-18(22,15-4-2-8-24-15)16-5-3-9-25-16/h2-10,22H,11H2,1H3,(H,20,21). The number of ether oxygens (including phenoxy) is 1. The van der Waals surface area contributed by atoms with Gasteiger partial charge in [-0.05, 0) is 57.7 Å². The van der Waals surface area contributed by atoms with E-state index >= 15 is 0 Å². The number of hydrogen-bond donors (Lipinski definition) is 2. The summed E-state index contributed by atoms with van der Waals surface area (Å²) in [7, 11) is 1.54. The van der Waals surface area contributed by atoms with Gasteiger partial charge in [-0.2, -0.15) is 0 Å². The van der Waals surface area contributed by atoms with Crippen LogP contribution in [0.5, 0.6) is 5.75 Å². The maximum absolute atomic E-state index is 12.6. The van der Waals surface area contributed by atoms with Gasteiger partial charge in [0.15, 0.2) is 5.60 Å². The number of aliphatic hydroxyl groups is 1. The van der Waals surface area contributed by atoms with Crippen molar-refractivity contribution in [2.24, 2.45) is 0 Å². The Balaban J connectivity index is 1.84. The van der Waals surface area contributed by atoms with Crippen LogP contribution in [0.3, 0.4) is 0 Å². The molecule has 1 atom stereocenters. The second-order valence-electron chi connectivity index (χ2n) is 5.34. The van der Waals surface area contributed by atoms with Crippen molar-refractivity contribution in [3.8, 4) is 5.75 Å². The topological polar surface area (TPSA) is 71.7 Å². The van der Waals surface area contributed by atoms with E-state index in [1.807, 2.05) is 11.4 Å². The Morgan fingerprint density at radius 2 is 2.20 bits per heavy atom. The maximum atomic E-state index is 12.6. The van der Waals surface area contributed by atoms with Crippen LogP contribution in [-0.2, 0) is 5.60 Å². The van der Waals surface area contributed by atoms with Crippen molar-refractivity contribution < 1.29 is 19.1 Å². The number of furan rings is 1. The number of nitrogens with one attached hydrogen (secondary N) is 1. The van der Waals surface area contributed by atoms with Gasteiger partial charge in [0.2, 0.25) is 0 Å². The lowest BCUT2D eigenvalue weighted by Crippen LogP contribution is -2.41. The Labute approximate surface area is 157 Å². The molecule has 130 valence electrons. The zero-order chi connectivity index (χ0) is 17.9. The number of carbonyl (C=O) groups excluding carboxylic acids is 1. The molecule has 0 radical (unpaired) electrons. The molecule has 3 aromatic rings. The zero-order valence-electron chi connectivity index (χ0n) is 13.4. The first-order valence-corrected chi connectivity index (χ1v) is 9.14. The van der Waals surface area contributed by atoms with Crippen LogP contribution in [-0.4, -0.2) is 24.7 Å². The first-order valence-electron chi connectivity index (χ1n) is 7.46. The number of methoxy groups -OCH3 is 1. The maximum Gasteiger partial charge on any atom is 0.252 e. The van der Waals surface area contributed by atoms with Gasteiger partial charge in [-0.3, -0.25) is 4.79 Å². The van der Waals surface area contributed by atoms with Crippen molar-refractivity contribution in [2.45, 2.75) is 5.60 Å². The van der Waals surface area contributed by atoms with E-state index in [2.05, 4.69) is 21.2 Å². The Morgan fingerprint density at radius 1 is 1.36 bits per heavy atom. The Hall–Kier alpha value is -2.09. The number of carbonyl (C=O) groups is 1. The highest BCUT2D eigenvalue weighted by molar-refractivity contribution is 9.10. The highest BCUT2D eigenvalue weighted by Crippen LogP contribution is 2.33. The van der Waals surface area contributed by atoms with Gasteiger partial charge in [0.1, 0.15) is 11.5 Å². The molecule has 0 fully saturated rings. The molecular formula is C18H16BrNO4S. The molecule has 2 N–H and O–H groups in total. The number of halogens is 1. The molecule has 1 unspecified atom stereocenters. The quantitative estimate of drug-likeness (QED) is 0.635. The molecule has 0 aliphatic carbocycles. The minimum Gasteiger partial charge on any atom is -0.497 e. The zero-order valence-corrected chi connectivity index (χ0v) is 15.8. The average Bonchev–Trinajstić information content (AvgIpc) is 3.33.